The largest absolute Gasteiger partial charge is 0.384 e. The van der Waals surface area contributed by atoms with Gasteiger partial charge in [-0.25, -0.2) is 4.98 Å². The van der Waals surface area contributed by atoms with Crippen molar-refractivity contribution in [2.75, 3.05) is 5.73 Å². The number of pyridine rings is 1. The van der Waals surface area contributed by atoms with Gasteiger partial charge >= 0.3 is 0 Å². The predicted molar refractivity (Wildman–Crippen MR) is 66.2 cm³/mol. The van der Waals surface area contributed by atoms with E-state index in [9.17, 15) is 5.11 Å². The highest BCUT2D eigenvalue weighted by Gasteiger charge is 2.25. The number of aromatic nitrogens is 1. The molecule has 1 unspecified atom stereocenters. The molecule has 16 heavy (non-hydrogen) atoms. The van der Waals surface area contributed by atoms with Crippen molar-refractivity contribution in [3.63, 3.8) is 0 Å². The molecule has 0 saturated heterocycles. The predicted octanol–water partition coefficient (Wildman–Crippen LogP) is 2.18. The summed E-state index contributed by atoms with van der Waals surface area (Å²) in [7, 11) is 0. The van der Waals surface area contributed by atoms with Crippen LogP contribution in [0.4, 0.5) is 5.82 Å². The summed E-state index contributed by atoms with van der Waals surface area (Å²) in [6.45, 7) is 1.80. The van der Waals surface area contributed by atoms with Crippen LogP contribution in [0.25, 0.3) is 0 Å². The Morgan fingerprint density at radius 1 is 1.44 bits per heavy atom. The van der Waals surface area contributed by atoms with Crippen LogP contribution >= 0.6 is 11.3 Å². The van der Waals surface area contributed by atoms with E-state index in [1.54, 1.807) is 24.5 Å². The molecule has 2 aromatic rings. The Hall–Kier alpha value is -1.39. The molecule has 3 N–H and O–H groups in total. The van der Waals surface area contributed by atoms with Gasteiger partial charge in [0.05, 0.1) is 0 Å². The van der Waals surface area contributed by atoms with Gasteiger partial charge in [-0.05, 0) is 30.0 Å². The molecule has 0 aliphatic heterocycles. The molecule has 1 atom stereocenters. The summed E-state index contributed by atoms with van der Waals surface area (Å²) in [6.07, 6.45) is 2.13. The van der Waals surface area contributed by atoms with Gasteiger partial charge in [0.25, 0.3) is 0 Å². The van der Waals surface area contributed by atoms with Crippen molar-refractivity contribution in [2.24, 2.45) is 0 Å². The van der Waals surface area contributed by atoms with Crippen LogP contribution in [0.1, 0.15) is 17.4 Å². The van der Waals surface area contributed by atoms with Crippen molar-refractivity contribution in [3.8, 4) is 0 Å². The zero-order valence-corrected chi connectivity index (χ0v) is 9.87. The maximum absolute atomic E-state index is 10.4. The lowest BCUT2D eigenvalue weighted by atomic mass is 9.95. The normalized spacial score (nSPS) is 14.6. The zero-order chi connectivity index (χ0) is 11.6. The van der Waals surface area contributed by atoms with E-state index in [2.05, 4.69) is 4.98 Å². The van der Waals surface area contributed by atoms with Crippen LogP contribution in [-0.4, -0.2) is 10.1 Å². The molecule has 0 aliphatic rings. The molecule has 0 amide bonds. The first-order chi connectivity index (χ1) is 7.59. The van der Waals surface area contributed by atoms with Crippen LogP contribution in [0.5, 0.6) is 0 Å². The van der Waals surface area contributed by atoms with Gasteiger partial charge in [0, 0.05) is 17.5 Å². The fourth-order valence-corrected chi connectivity index (χ4v) is 2.43. The minimum Gasteiger partial charge on any atom is -0.384 e. The molecule has 4 heteroatoms. The fourth-order valence-electron chi connectivity index (χ4n) is 1.64. The minimum atomic E-state index is -0.884. The van der Waals surface area contributed by atoms with Gasteiger partial charge in [0.2, 0.25) is 0 Å². The van der Waals surface area contributed by atoms with E-state index in [0.717, 1.165) is 10.4 Å². The molecule has 0 saturated carbocycles. The third-order valence-corrected chi connectivity index (χ3v) is 3.64. The molecule has 0 radical (unpaired) electrons. The summed E-state index contributed by atoms with van der Waals surface area (Å²) in [5.74, 6) is 0.485. The quantitative estimate of drug-likeness (QED) is 0.855. The van der Waals surface area contributed by atoms with Gasteiger partial charge in [-0.3, -0.25) is 0 Å². The molecule has 0 aromatic carbocycles. The number of anilines is 1. The summed E-state index contributed by atoms with van der Waals surface area (Å²) in [5.41, 5.74) is 5.75. The average molecular weight is 234 g/mol. The van der Waals surface area contributed by atoms with E-state index in [-0.39, 0.29) is 0 Å². The van der Waals surface area contributed by atoms with Crippen LogP contribution in [0.2, 0.25) is 0 Å². The smallest absolute Gasteiger partial charge is 0.126 e. The first-order valence-corrected chi connectivity index (χ1v) is 5.93. The number of hydrogen-bond acceptors (Lipinski definition) is 4. The lowest BCUT2D eigenvalue weighted by Crippen LogP contribution is -2.23. The summed E-state index contributed by atoms with van der Waals surface area (Å²) < 4.78 is 0. The Morgan fingerprint density at radius 3 is 2.88 bits per heavy atom. The molecule has 0 fully saturated rings. The second-order valence-electron chi connectivity index (χ2n) is 3.98. The molecule has 2 aromatic heterocycles. The van der Waals surface area contributed by atoms with E-state index < -0.39 is 5.60 Å². The maximum Gasteiger partial charge on any atom is 0.126 e. The Labute approximate surface area is 98.6 Å². The van der Waals surface area contributed by atoms with Crippen molar-refractivity contribution in [1.82, 2.24) is 4.98 Å². The Bertz CT molecular complexity index is 466. The van der Waals surface area contributed by atoms with Crippen LogP contribution in [0.3, 0.4) is 0 Å². The number of aliphatic hydroxyl groups is 1. The van der Waals surface area contributed by atoms with Gasteiger partial charge in [0.15, 0.2) is 0 Å². The summed E-state index contributed by atoms with van der Waals surface area (Å²) >= 11 is 1.54. The van der Waals surface area contributed by atoms with Crippen molar-refractivity contribution < 1.29 is 5.11 Å². The molecular weight excluding hydrogens is 220 g/mol. The van der Waals surface area contributed by atoms with E-state index in [1.807, 2.05) is 29.6 Å². The van der Waals surface area contributed by atoms with Crippen LogP contribution in [0, 0.1) is 0 Å². The second kappa shape index (κ2) is 4.23. The molecule has 0 aliphatic carbocycles. The number of hydrogen-bond donors (Lipinski definition) is 2. The molecule has 2 rings (SSSR count). The second-order valence-corrected chi connectivity index (χ2v) is 4.92. The molecule has 0 spiro atoms. The highest BCUT2D eigenvalue weighted by atomic mass is 32.1. The number of nitrogens with zero attached hydrogens (tertiary/aromatic N) is 1. The first-order valence-electron chi connectivity index (χ1n) is 5.05. The van der Waals surface area contributed by atoms with Gasteiger partial charge in [0.1, 0.15) is 11.4 Å². The van der Waals surface area contributed by atoms with E-state index in [1.165, 1.54) is 0 Å². The fraction of sp³-hybridized carbons (Fsp3) is 0.250. The van der Waals surface area contributed by atoms with Gasteiger partial charge in [-0.2, -0.15) is 0 Å². The van der Waals surface area contributed by atoms with Gasteiger partial charge in [-0.1, -0.05) is 12.1 Å². The molecule has 3 nitrogen and oxygen atoms in total. The third kappa shape index (κ3) is 2.23. The average Bonchev–Trinajstić information content (AvgIpc) is 2.75. The van der Waals surface area contributed by atoms with E-state index >= 15 is 0 Å². The van der Waals surface area contributed by atoms with Gasteiger partial charge in [-0.15, -0.1) is 11.3 Å². The molecule has 0 bridgehead atoms. The monoisotopic (exact) mass is 234 g/mol. The highest BCUT2D eigenvalue weighted by Crippen LogP contribution is 2.29. The highest BCUT2D eigenvalue weighted by molar-refractivity contribution is 7.10. The van der Waals surface area contributed by atoms with Crippen molar-refractivity contribution in [2.45, 2.75) is 18.9 Å². The first kappa shape index (κ1) is 11.1. The molecular formula is C12H14N2OS. The lowest BCUT2D eigenvalue weighted by Gasteiger charge is -2.22. The number of thiophene rings is 1. The Balaban J connectivity index is 2.25. The van der Waals surface area contributed by atoms with Crippen LogP contribution < -0.4 is 5.73 Å². The van der Waals surface area contributed by atoms with E-state index in [0.29, 0.717) is 12.2 Å². The standard InChI is InChI=1S/C12H14N2OS/c1-12(15,10-5-3-7-16-10)8-9-4-2-6-14-11(9)13/h2-7,15H,8H2,1H3,(H2,13,14). The lowest BCUT2D eigenvalue weighted by molar-refractivity contribution is 0.0616. The number of rotatable bonds is 3. The molecule has 2 heterocycles. The summed E-state index contributed by atoms with van der Waals surface area (Å²) in [5, 5.41) is 12.3. The Kier molecular flexibility index (Phi) is 2.94. The van der Waals surface area contributed by atoms with Crippen LogP contribution in [0.15, 0.2) is 35.8 Å². The minimum absolute atomic E-state index is 0.479. The van der Waals surface area contributed by atoms with Crippen LogP contribution in [-0.2, 0) is 12.0 Å². The molecule has 84 valence electrons. The third-order valence-electron chi connectivity index (χ3n) is 2.51. The van der Waals surface area contributed by atoms with Gasteiger partial charge < -0.3 is 10.8 Å². The SMILES string of the molecule is CC(O)(Cc1cccnc1N)c1cccs1. The van der Waals surface area contributed by atoms with Crippen molar-refractivity contribution in [1.29, 1.82) is 0 Å². The maximum atomic E-state index is 10.4. The number of nitrogens with two attached hydrogens (primary N) is 1. The topological polar surface area (TPSA) is 59.1 Å². The zero-order valence-electron chi connectivity index (χ0n) is 9.05. The Morgan fingerprint density at radius 2 is 2.25 bits per heavy atom. The van der Waals surface area contributed by atoms with E-state index in [4.69, 9.17) is 5.73 Å². The number of nitrogen functional groups attached to an aromatic ring is 1. The summed E-state index contributed by atoms with van der Waals surface area (Å²) in [6, 6.07) is 7.58. The summed E-state index contributed by atoms with van der Waals surface area (Å²) in [4.78, 5) is 4.96. The van der Waals surface area contributed by atoms with Crippen molar-refractivity contribution in [3.05, 3.63) is 46.3 Å². The van der Waals surface area contributed by atoms with Crippen molar-refractivity contribution >= 4 is 17.2 Å².